The summed E-state index contributed by atoms with van der Waals surface area (Å²) in [5.41, 5.74) is 4.90. The third-order valence-electron chi connectivity index (χ3n) is 3.82. The number of hydrazone groups is 1. The number of para-hydroxylation sites is 1. The van der Waals surface area contributed by atoms with Crippen LogP contribution in [-0.2, 0) is 6.42 Å². The SMILES string of the molecule is CC(C)=NNc1ccc(SCCc2ccccc2OCC(O)CNC(C)C)nn1. The molecule has 0 bridgehead atoms. The van der Waals surface area contributed by atoms with E-state index in [1.807, 2.05) is 44.2 Å². The fraction of sp³-hybridized carbons (Fsp3) is 0.476. The van der Waals surface area contributed by atoms with E-state index in [1.54, 1.807) is 11.8 Å². The Morgan fingerprint density at radius 1 is 1.17 bits per heavy atom. The van der Waals surface area contributed by atoms with Crippen molar-refractivity contribution >= 4 is 23.3 Å². The van der Waals surface area contributed by atoms with Gasteiger partial charge in [-0.2, -0.15) is 5.10 Å². The second-order valence-corrected chi connectivity index (χ2v) is 8.28. The highest BCUT2D eigenvalue weighted by molar-refractivity contribution is 7.99. The van der Waals surface area contributed by atoms with Gasteiger partial charge in [0, 0.05) is 24.1 Å². The zero-order chi connectivity index (χ0) is 21.1. The molecule has 0 aliphatic carbocycles. The predicted molar refractivity (Wildman–Crippen MR) is 120 cm³/mol. The molecule has 1 heterocycles. The first-order valence-electron chi connectivity index (χ1n) is 9.79. The number of thioether (sulfide) groups is 1. The van der Waals surface area contributed by atoms with Crippen molar-refractivity contribution < 1.29 is 9.84 Å². The van der Waals surface area contributed by atoms with Crippen molar-refractivity contribution in [2.75, 3.05) is 24.3 Å². The molecule has 1 atom stereocenters. The van der Waals surface area contributed by atoms with Crippen molar-refractivity contribution in [3.05, 3.63) is 42.0 Å². The van der Waals surface area contributed by atoms with Crippen molar-refractivity contribution in [1.29, 1.82) is 0 Å². The maximum absolute atomic E-state index is 10.0. The van der Waals surface area contributed by atoms with Crippen LogP contribution in [-0.4, -0.2) is 52.1 Å². The van der Waals surface area contributed by atoms with Crippen LogP contribution in [0.25, 0.3) is 0 Å². The first kappa shape index (κ1) is 23.1. The van der Waals surface area contributed by atoms with Gasteiger partial charge < -0.3 is 15.2 Å². The number of ether oxygens (including phenoxy) is 1. The van der Waals surface area contributed by atoms with E-state index in [0.29, 0.717) is 18.4 Å². The Morgan fingerprint density at radius 3 is 2.66 bits per heavy atom. The molecule has 1 aromatic carbocycles. The quantitative estimate of drug-likeness (QED) is 0.277. The summed E-state index contributed by atoms with van der Waals surface area (Å²) in [6.07, 6.45) is 0.297. The van der Waals surface area contributed by atoms with Gasteiger partial charge in [0.05, 0.1) is 0 Å². The number of aliphatic hydroxyl groups is 1. The topological polar surface area (TPSA) is 91.7 Å². The highest BCUT2D eigenvalue weighted by Gasteiger charge is 2.09. The Morgan fingerprint density at radius 2 is 1.97 bits per heavy atom. The molecule has 0 spiro atoms. The van der Waals surface area contributed by atoms with E-state index in [4.69, 9.17) is 4.74 Å². The number of hydrogen-bond acceptors (Lipinski definition) is 8. The second kappa shape index (κ2) is 12.4. The number of anilines is 1. The Hall–Kier alpha value is -2.16. The Kier molecular flexibility index (Phi) is 9.90. The number of nitrogens with one attached hydrogen (secondary N) is 2. The smallest absolute Gasteiger partial charge is 0.168 e. The lowest BCUT2D eigenvalue weighted by Crippen LogP contribution is -2.35. The highest BCUT2D eigenvalue weighted by Crippen LogP contribution is 2.23. The summed E-state index contributed by atoms with van der Waals surface area (Å²) in [6.45, 7) is 8.71. The second-order valence-electron chi connectivity index (χ2n) is 7.16. The average Bonchev–Trinajstić information content (AvgIpc) is 2.71. The molecule has 7 nitrogen and oxygen atoms in total. The van der Waals surface area contributed by atoms with Gasteiger partial charge in [-0.25, -0.2) is 0 Å². The molecule has 29 heavy (non-hydrogen) atoms. The molecule has 3 N–H and O–H groups in total. The minimum atomic E-state index is -0.539. The van der Waals surface area contributed by atoms with Gasteiger partial charge in [0.2, 0.25) is 0 Å². The zero-order valence-electron chi connectivity index (χ0n) is 17.6. The van der Waals surface area contributed by atoms with Gasteiger partial charge >= 0.3 is 0 Å². The van der Waals surface area contributed by atoms with Crippen molar-refractivity contribution in [3.8, 4) is 5.75 Å². The summed E-state index contributed by atoms with van der Waals surface area (Å²) in [5.74, 6) is 2.29. The largest absolute Gasteiger partial charge is 0.491 e. The van der Waals surface area contributed by atoms with Gasteiger partial charge in [-0.15, -0.1) is 22.0 Å². The van der Waals surface area contributed by atoms with Crippen LogP contribution in [0.3, 0.4) is 0 Å². The highest BCUT2D eigenvalue weighted by atomic mass is 32.2. The molecule has 2 rings (SSSR count). The van der Waals surface area contributed by atoms with E-state index in [0.717, 1.165) is 34.2 Å². The standard InChI is InChI=1S/C21H31N5O2S/c1-15(2)22-13-18(27)14-28-19-8-6-5-7-17(19)11-12-29-21-10-9-20(25-26-21)24-23-16(3)4/h5-10,15,18,22,27H,11-14H2,1-4H3,(H,24,25). The number of aryl methyl sites for hydroxylation is 1. The summed E-state index contributed by atoms with van der Waals surface area (Å²) in [7, 11) is 0. The van der Waals surface area contributed by atoms with Crippen molar-refractivity contribution in [1.82, 2.24) is 15.5 Å². The Labute approximate surface area is 177 Å². The third-order valence-corrected chi connectivity index (χ3v) is 4.74. The molecular weight excluding hydrogens is 386 g/mol. The number of rotatable bonds is 12. The molecule has 0 fully saturated rings. The van der Waals surface area contributed by atoms with Crippen LogP contribution >= 0.6 is 11.8 Å². The van der Waals surface area contributed by atoms with Gasteiger partial charge in [0.1, 0.15) is 23.5 Å². The normalized spacial score (nSPS) is 11.9. The lowest BCUT2D eigenvalue weighted by atomic mass is 10.1. The molecule has 0 radical (unpaired) electrons. The lowest BCUT2D eigenvalue weighted by Gasteiger charge is -2.16. The van der Waals surface area contributed by atoms with Crippen LogP contribution in [0.1, 0.15) is 33.3 Å². The minimum Gasteiger partial charge on any atom is -0.491 e. The molecule has 2 aromatic rings. The molecule has 1 aromatic heterocycles. The molecule has 0 aliphatic rings. The molecule has 158 valence electrons. The zero-order valence-corrected chi connectivity index (χ0v) is 18.4. The number of nitrogens with zero attached hydrogens (tertiary/aromatic N) is 3. The number of benzene rings is 1. The number of aromatic nitrogens is 2. The van der Waals surface area contributed by atoms with E-state index in [9.17, 15) is 5.11 Å². The number of aliphatic hydroxyl groups excluding tert-OH is 1. The molecule has 0 saturated carbocycles. The van der Waals surface area contributed by atoms with Gasteiger partial charge in [-0.1, -0.05) is 32.0 Å². The van der Waals surface area contributed by atoms with Gasteiger partial charge in [0.25, 0.3) is 0 Å². The van der Waals surface area contributed by atoms with Gasteiger partial charge in [-0.3, -0.25) is 5.43 Å². The minimum absolute atomic E-state index is 0.267. The molecule has 0 aliphatic heterocycles. The summed E-state index contributed by atoms with van der Waals surface area (Å²) in [5, 5.41) is 26.6. The van der Waals surface area contributed by atoms with Gasteiger partial charge in [-0.05, 0) is 44.0 Å². The average molecular weight is 418 g/mol. The molecule has 0 saturated heterocycles. The van der Waals surface area contributed by atoms with Crippen LogP contribution in [0.4, 0.5) is 5.82 Å². The van der Waals surface area contributed by atoms with E-state index in [2.05, 4.69) is 46.0 Å². The summed E-state index contributed by atoms with van der Waals surface area (Å²) < 4.78 is 5.85. The van der Waals surface area contributed by atoms with Crippen LogP contribution in [0.15, 0.2) is 46.5 Å². The van der Waals surface area contributed by atoms with Crippen molar-refractivity contribution in [3.63, 3.8) is 0 Å². The summed E-state index contributed by atoms with van der Waals surface area (Å²) in [4.78, 5) is 0. The fourth-order valence-corrected chi connectivity index (χ4v) is 3.15. The lowest BCUT2D eigenvalue weighted by molar-refractivity contribution is 0.104. The molecular formula is C21H31N5O2S. The maximum atomic E-state index is 10.0. The van der Waals surface area contributed by atoms with Crippen LogP contribution in [0.5, 0.6) is 5.75 Å². The van der Waals surface area contributed by atoms with Crippen LogP contribution < -0.4 is 15.5 Å². The van der Waals surface area contributed by atoms with Gasteiger partial charge in [0.15, 0.2) is 5.82 Å². The predicted octanol–water partition coefficient (Wildman–Crippen LogP) is 3.36. The maximum Gasteiger partial charge on any atom is 0.168 e. The van der Waals surface area contributed by atoms with E-state index in [1.165, 1.54) is 0 Å². The van der Waals surface area contributed by atoms with E-state index < -0.39 is 6.10 Å². The van der Waals surface area contributed by atoms with E-state index >= 15 is 0 Å². The molecule has 8 heteroatoms. The monoisotopic (exact) mass is 417 g/mol. The van der Waals surface area contributed by atoms with Crippen LogP contribution in [0.2, 0.25) is 0 Å². The first-order valence-corrected chi connectivity index (χ1v) is 10.8. The Balaban J connectivity index is 1.81. The Bertz CT molecular complexity index is 764. The molecule has 1 unspecified atom stereocenters. The molecule has 0 amide bonds. The van der Waals surface area contributed by atoms with E-state index in [-0.39, 0.29) is 6.61 Å². The van der Waals surface area contributed by atoms with Crippen molar-refractivity contribution in [2.24, 2.45) is 5.10 Å². The number of hydrogen-bond donors (Lipinski definition) is 3. The van der Waals surface area contributed by atoms with Crippen molar-refractivity contribution in [2.45, 2.75) is 51.3 Å². The third kappa shape index (κ3) is 9.25. The van der Waals surface area contributed by atoms with Crippen LogP contribution in [0, 0.1) is 0 Å². The summed E-state index contributed by atoms with van der Waals surface area (Å²) >= 11 is 1.64. The summed E-state index contributed by atoms with van der Waals surface area (Å²) in [6, 6.07) is 12.1. The fourth-order valence-electron chi connectivity index (χ4n) is 2.36. The first-order chi connectivity index (χ1) is 13.9.